The topological polar surface area (TPSA) is 46.2 Å². The van der Waals surface area contributed by atoms with Crippen molar-refractivity contribution in [2.24, 2.45) is 5.73 Å². The summed E-state index contributed by atoms with van der Waals surface area (Å²) in [5, 5.41) is 9.68. The molecule has 0 heterocycles. The molecule has 0 unspecified atom stereocenters. The van der Waals surface area contributed by atoms with Crippen molar-refractivity contribution in [1.82, 2.24) is 0 Å². The minimum atomic E-state index is 0.0144. The Morgan fingerprint density at radius 3 is 2.50 bits per heavy atom. The highest BCUT2D eigenvalue weighted by molar-refractivity contribution is 5.31. The molecule has 1 aromatic carbocycles. The molecule has 0 atom stereocenters. The second kappa shape index (κ2) is 4.88. The van der Waals surface area contributed by atoms with Crippen LogP contribution in [-0.4, -0.2) is 10.6 Å². The SMILES string of the molecule is NC1(CCc2ccccc2O)CCCCC1. The van der Waals surface area contributed by atoms with Crippen LogP contribution in [0.1, 0.15) is 44.1 Å². The summed E-state index contributed by atoms with van der Waals surface area (Å²) in [6.45, 7) is 0. The predicted octanol–water partition coefficient (Wildman–Crippen LogP) is 2.99. The zero-order valence-electron chi connectivity index (χ0n) is 9.78. The summed E-state index contributed by atoms with van der Waals surface area (Å²) in [6, 6.07) is 7.57. The van der Waals surface area contributed by atoms with E-state index in [0.29, 0.717) is 5.75 Å². The lowest BCUT2D eigenvalue weighted by Gasteiger charge is -2.33. The van der Waals surface area contributed by atoms with Crippen LogP contribution in [0.5, 0.6) is 5.75 Å². The fourth-order valence-corrected chi connectivity index (χ4v) is 2.61. The van der Waals surface area contributed by atoms with Crippen molar-refractivity contribution in [3.8, 4) is 5.75 Å². The van der Waals surface area contributed by atoms with Gasteiger partial charge in [0, 0.05) is 5.54 Å². The number of phenolic OH excluding ortho intramolecular Hbond substituents is 1. The summed E-state index contributed by atoms with van der Waals surface area (Å²) >= 11 is 0. The lowest BCUT2D eigenvalue weighted by Crippen LogP contribution is -2.42. The molecule has 88 valence electrons. The Bertz CT molecular complexity index is 342. The van der Waals surface area contributed by atoms with E-state index in [1.807, 2.05) is 18.2 Å². The van der Waals surface area contributed by atoms with Gasteiger partial charge < -0.3 is 10.8 Å². The molecule has 0 saturated heterocycles. The van der Waals surface area contributed by atoms with Gasteiger partial charge in [-0.1, -0.05) is 37.5 Å². The number of para-hydroxylation sites is 1. The van der Waals surface area contributed by atoms with E-state index < -0.39 is 0 Å². The Kier molecular flexibility index (Phi) is 3.49. The molecule has 0 bridgehead atoms. The Morgan fingerprint density at radius 1 is 1.12 bits per heavy atom. The van der Waals surface area contributed by atoms with Gasteiger partial charge in [-0.25, -0.2) is 0 Å². The highest BCUT2D eigenvalue weighted by Gasteiger charge is 2.26. The van der Waals surface area contributed by atoms with Crippen molar-refractivity contribution in [1.29, 1.82) is 0 Å². The molecule has 1 aliphatic carbocycles. The maximum absolute atomic E-state index is 9.68. The van der Waals surface area contributed by atoms with Crippen molar-refractivity contribution in [2.75, 3.05) is 0 Å². The summed E-state index contributed by atoms with van der Waals surface area (Å²) in [5.74, 6) is 0.405. The quantitative estimate of drug-likeness (QED) is 0.821. The molecule has 0 spiro atoms. The average Bonchev–Trinajstić information content (AvgIpc) is 2.29. The number of phenols is 1. The van der Waals surface area contributed by atoms with E-state index >= 15 is 0 Å². The van der Waals surface area contributed by atoms with Gasteiger partial charge in [-0.3, -0.25) is 0 Å². The number of aromatic hydroxyl groups is 1. The van der Waals surface area contributed by atoms with E-state index in [2.05, 4.69) is 0 Å². The van der Waals surface area contributed by atoms with Gasteiger partial charge >= 0.3 is 0 Å². The number of hydrogen-bond acceptors (Lipinski definition) is 2. The second-order valence-electron chi connectivity index (χ2n) is 5.05. The van der Waals surface area contributed by atoms with Crippen molar-refractivity contribution in [3.05, 3.63) is 29.8 Å². The normalized spacial score (nSPS) is 19.6. The minimum absolute atomic E-state index is 0.0144. The number of nitrogens with two attached hydrogens (primary N) is 1. The maximum Gasteiger partial charge on any atom is 0.118 e. The molecule has 0 amide bonds. The molecule has 0 radical (unpaired) electrons. The van der Waals surface area contributed by atoms with E-state index in [4.69, 9.17) is 5.73 Å². The first-order valence-corrected chi connectivity index (χ1v) is 6.25. The van der Waals surface area contributed by atoms with Crippen LogP contribution in [0, 0.1) is 0 Å². The van der Waals surface area contributed by atoms with E-state index in [-0.39, 0.29) is 5.54 Å². The molecule has 1 saturated carbocycles. The van der Waals surface area contributed by atoms with Gasteiger partial charge in [0.25, 0.3) is 0 Å². The molecule has 3 N–H and O–H groups in total. The summed E-state index contributed by atoms with van der Waals surface area (Å²) in [5.41, 5.74) is 7.42. The first-order valence-electron chi connectivity index (χ1n) is 6.25. The maximum atomic E-state index is 9.68. The summed E-state index contributed by atoms with van der Waals surface area (Å²) in [4.78, 5) is 0. The Balaban J connectivity index is 1.94. The van der Waals surface area contributed by atoms with Crippen LogP contribution in [0.2, 0.25) is 0 Å². The zero-order valence-corrected chi connectivity index (χ0v) is 9.78. The molecule has 0 aliphatic heterocycles. The van der Waals surface area contributed by atoms with Crippen molar-refractivity contribution < 1.29 is 5.11 Å². The first kappa shape index (κ1) is 11.5. The Hall–Kier alpha value is -1.02. The van der Waals surface area contributed by atoms with Crippen LogP contribution in [0.3, 0.4) is 0 Å². The van der Waals surface area contributed by atoms with Gasteiger partial charge in [0.1, 0.15) is 5.75 Å². The first-order chi connectivity index (χ1) is 7.70. The van der Waals surface area contributed by atoms with Gasteiger partial charge in [-0.2, -0.15) is 0 Å². The number of benzene rings is 1. The van der Waals surface area contributed by atoms with Gasteiger partial charge in [-0.05, 0) is 37.3 Å². The highest BCUT2D eigenvalue weighted by Crippen LogP contribution is 2.30. The number of hydrogen-bond donors (Lipinski definition) is 2. The highest BCUT2D eigenvalue weighted by atomic mass is 16.3. The van der Waals surface area contributed by atoms with Crippen LogP contribution in [-0.2, 0) is 6.42 Å². The molecule has 1 fully saturated rings. The summed E-state index contributed by atoms with van der Waals surface area (Å²) in [6.07, 6.45) is 8.01. The van der Waals surface area contributed by atoms with E-state index in [9.17, 15) is 5.11 Å². The van der Waals surface area contributed by atoms with Crippen LogP contribution < -0.4 is 5.73 Å². The molecule has 0 aromatic heterocycles. The lowest BCUT2D eigenvalue weighted by molar-refractivity contribution is 0.277. The Morgan fingerprint density at radius 2 is 1.81 bits per heavy atom. The molecule has 16 heavy (non-hydrogen) atoms. The molecular formula is C14H21NO. The van der Waals surface area contributed by atoms with Crippen LogP contribution >= 0.6 is 0 Å². The number of aryl methyl sites for hydroxylation is 1. The zero-order chi connectivity index (χ0) is 11.4. The minimum Gasteiger partial charge on any atom is -0.508 e. The summed E-state index contributed by atoms with van der Waals surface area (Å²) in [7, 11) is 0. The Labute approximate surface area is 97.5 Å². The van der Waals surface area contributed by atoms with E-state index in [0.717, 1.165) is 31.2 Å². The third-order valence-corrected chi connectivity index (χ3v) is 3.73. The molecule has 1 aliphatic rings. The molecule has 2 heteroatoms. The van der Waals surface area contributed by atoms with Gasteiger partial charge in [0.2, 0.25) is 0 Å². The standard InChI is InChI=1S/C14H21NO/c15-14(9-4-1-5-10-14)11-8-12-6-2-3-7-13(12)16/h2-3,6-7,16H,1,4-5,8-11,15H2. The largest absolute Gasteiger partial charge is 0.508 e. The van der Waals surface area contributed by atoms with Crippen molar-refractivity contribution in [2.45, 2.75) is 50.5 Å². The van der Waals surface area contributed by atoms with Gasteiger partial charge in [0.15, 0.2) is 0 Å². The predicted molar refractivity (Wildman–Crippen MR) is 66.4 cm³/mol. The van der Waals surface area contributed by atoms with Gasteiger partial charge in [-0.15, -0.1) is 0 Å². The van der Waals surface area contributed by atoms with E-state index in [1.54, 1.807) is 6.07 Å². The third kappa shape index (κ3) is 2.76. The molecule has 2 nitrogen and oxygen atoms in total. The van der Waals surface area contributed by atoms with Crippen molar-refractivity contribution >= 4 is 0 Å². The van der Waals surface area contributed by atoms with Gasteiger partial charge in [0.05, 0.1) is 0 Å². The van der Waals surface area contributed by atoms with Crippen LogP contribution in [0.25, 0.3) is 0 Å². The average molecular weight is 219 g/mol. The van der Waals surface area contributed by atoms with Crippen LogP contribution in [0.4, 0.5) is 0 Å². The van der Waals surface area contributed by atoms with Crippen LogP contribution in [0.15, 0.2) is 24.3 Å². The molecular weight excluding hydrogens is 198 g/mol. The second-order valence-corrected chi connectivity index (χ2v) is 5.05. The third-order valence-electron chi connectivity index (χ3n) is 3.73. The summed E-state index contributed by atoms with van der Waals surface area (Å²) < 4.78 is 0. The van der Waals surface area contributed by atoms with E-state index in [1.165, 1.54) is 19.3 Å². The fraction of sp³-hybridized carbons (Fsp3) is 0.571. The van der Waals surface area contributed by atoms with Crippen molar-refractivity contribution in [3.63, 3.8) is 0 Å². The molecule has 1 aromatic rings. The lowest BCUT2D eigenvalue weighted by atomic mass is 9.79. The molecule has 2 rings (SSSR count). The monoisotopic (exact) mass is 219 g/mol. The fourth-order valence-electron chi connectivity index (χ4n) is 2.61. The number of rotatable bonds is 3. The smallest absolute Gasteiger partial charge is 0.118 e.